The molecule has 0 fully saturated rings. The molecular formula is C18H22F2N2O3. The highest BCUT2D eigenvalue weighted by Gasteiger charge is 2.38. The summed E-state index contributed by atoms with van der Waals surface area (Å²) in [4.78, 5) is 26.1. The van der Waals surface area contributed by atoms with E-state index in [2.05, 4.69) is 5.32 Å². The third-order valence-electron chi connectivity index (χ3n) is 4.22. The second kappa shape index (κ2) is 7.63. The highest BCUT2D eigenvalue weighted by molar-refractivity contribution is 5.95. The van der Waals surface area contributed by atoms with Crippen LogP contribution in [-0.4, -0.2) is 30.6 Å². The second-order valence-corrected chi connectivity index (χ2v) is 6.34. The largest absolute Gasteiger partial charge is 0.466 e. The first kappa shape index (κ1) is 18.9. The number of rotatable bonds is 5. The Labute approximate surface area is 145 Å². The van der Waals surface area contributed by atoms with E-state index in [0.717, 1.165) is 18.6 Å². The average molecular weight is 352 g/mol. The molecule has 7 heteroatoms. The molecule has 0 bridgehead atoms. The molecule has 2 amide bonds. The van der Waals surface area contributed by atoms with Crippen LogP contribution in [0.4, 0.5) is 13.6 Å². The Bertz CT molecular complexity index is 696. The fraction of sp³-hybridized carbons (Fsp3) is 0.444. The van der Waals surface area contributed by atoms with Crippen LogP contribution in [0.1, 0.15) is 38.8 Å². The van der Waals surface area contributed by atoms with Crippen LogP contribution < -0.4 is 5.32 Å². The van der Waals surface area contributed by atoms with Crippen LogP contribution in [0.2, 0.25) is 0 Å². The highest BCUT2D eigenvalue weighted by atomic mass is 19.1. The minimum absolute atomic E-state index is 0.0230. The molecule has 1 heterocycles. The van der Waals surface area contributed by atoms with Gasteiger partial charge in [-0.15, -0.1) is 0 Å². The van der Waals surface area contributed by atoms with Crippen LogP contribution in [0.5, 0.6) is 0 Å². The molecule has 1 aliphatic rings. The zero-order chi connectivity index (χ0) is 18.7. The number of carbonyl (C=O) groups excluding carboxylic acids is 2. The number of amides is 2. The van der Waals surface area contributed by atoms with Gasteiger partial charge in [-0.25, -0.2) is 18.4 Å². The van der Waals surface area contributed by atoms with E-state index in [1.807, 2.05) is 13.8 Å². The van der Waals surface area contributed by atoms with Gasteiger partial charge >= 0.3 is 12.0 Å². The van der Waals surface area contributed by atoms with Gasteiger partial charge in [0.1, 0.15) is 11.6 Å². The van der Waals surface area contributed by atoms with Gasteiger partial charge in [0.05, 0.1) is 24.3 Å². The van der Waals surface area contributed by atoms with Gasteiger partial charge in [0.2, 0.25) is 0 Å². The Hall–Kier alpha value is -2.44. The van der Waals surface area contributed by atoms with Gasteiger partial charge in [0.25, 0.3) is 0 Å². The molecule has 0 saturated carbocycles. The first-order chi connectivity index (χ1) is 11.8. The Morgan fingerprint density at radius 3 is 2.44 bits per heavy atom. The average Bonchev–Trinajstić information content (AvgIpc) is 2.53. The summed E-state index contributed by atoms with van der Waals surface area (Å²) in [6.07, 6.45) is 0.720. The van der Waals surface area contributed by atoms with Crippen molar-refractivity contribution in [3.05, 3.63) is 46.7 Å². The summed E-state index contributed by atoms with van der Waals surface area (Å²) in [5, 5.41) is 2.53. The fourth-order valence-electron chi connectivity index (χ4n) is 2.82. The molecule has 25 heavy (non-hydrogen) atoms. The van der Waals surface area contributed by atoms with Crippen LogP contribution in [0, 0.1) is 17.6 Å². The number of nitrogens with one attached hydrogen (secondary N) is 1. The topological polar surface area (TPSA) is 58.6 Å². The quantitative estimate of drug-likeness (QED) is 0.825. The molecule has 0 unspecified atom stereocenters. The molecule has 0 saturated heterocycles. The zero-order valence-electron chi connectivity index (χ0n) is 14.7. The third kappa shape index (κ3) is 3.81. The Balaban J connectivity index is 2.54. The molecule has 136 valence electrons. The van der Waals surface area contributed by atoms with E-state index in [-0.39, 0.29) is 11.1 Å². The van der Waals surface area contributed by atoms with Crippen molar-refractivity contribution in [2.24, 2.45) is 5.92 Å². The van der Waals surface area contributed by atoms with E-state index in [4.69, 9.17) is 4.74 Å². The van der Waals surface area contributed by atoms with Crippen molar-refractivity contribution >= 4 is 12.0 Å². The molecular weight excluding hydrogens is 330 g/mol. The maximum atomic E-state index is 14.2. The van der Waals surface area contributed by atoms with Gasteiger partial charge < -0.3 is 10.1 Å². The Kier molecular flexibility index (Phi) is 5.77. The van der Waals surface area contributed by atoms with E-state index >= 15 is 0 Å². The van der Waals surface area contributed by atoms with Crippen molar-refractivity contribution in [2.75, 3.05) is 13.7 Å². The molecule has 0 aromatic heterocycles. The Morgan fingerprint density at radius 2 is 1.92 bits per heavy atom. The van der Waals surface area contributed by atoms with E-state index in [9.17, 15) is 18.4 Å². The summed E-state index contributed by atoms with van der Waals surface area (Å²) >= 11 is 0. The standard InChI is InChI=1S/C18H22F2N2O3/c1-10(2)8-9-22-11(3)14(17(23)25-4)16(21-18(22)24)15-12(19)6-5-7-13(15)20/h5-7,10,16H,8-9H2,1-4H3,(H,21,24)/t16-/m0/s1. The van der Waals surface area contributed by atoms with Crippen LogP contribution in [0.3, 0.4) is 0 Å². The summed E-state index contributed by atoms with van der Waals surface area (Å²) in [7, 11) is 1.19. The number of nitrogens with zero attached hydrogens (tertiary/aromatic N) is 1. The molecule has 0 aliphatic carbocycles. The molecule has 1 aliphatic heterocycles. The third-order valence-corrected chi connectivity index (χ3v) is 4.22. The number of hydrogen-bond donors (Lipinski definition) is 1. The minimum Gasteiger partial charge on any atom is -0.466 e. The van der Waals surface area contributed by atoms with Crippen molar-refractivity contribution < 1.29 is 23.1 Å². The van der Waals surface area contributed by atoms with Gasteiger partial charge in [-0.2, -0.15) is 0 Å². The van der Waals surface area contributed by atoms with E-state index in [1.165, 1.54) is 18.1 Å². The molecule has 1 atom stereocenters. The number of halogens is 2. The molecule has 1 N–H and O–H groups in total. The van der Waals surface area contributed by atoms with Crippen molar-refractivity contribution in [2.45, 2.75) is 33.2 Å². The zero-order valence-corrected chi connectivity index (χ0v) is 14.7. The molecule has 2 rings (SSSR count). The van der Waals surface area contributed by atoms with Gasteiger partial charge in [-0.05, 0) is 31.4 Å². The van der Waals surface area contributed by atoms with Gasteiger partial charge in [0, 0.05) is 12.2 Å². The SMILES string of the molecule is COC(=O)C1=C(C)N(CCC(C)C)C(=O)N[C@@H]1c1c(F)cccc1F. The van der Waals surface area contributed by atoms with Crippen LogP contribution in [-0.2, 0) is 9.53 Å². The smallest absolute Gasteiger partial charge is 0.337 e. The van der Waals surface area contributed by atoms with Gasteiger partial charge in [-0.1, -0.05) is 19.9 Å². The first-order valence-electron chi connectivity index (χ1n) is 8.09. The maximum Gasteiger partial charge on any atom is 0.337 e. The maximum absolute atomic E-state index is 14.2. The normalized spacial score (nSPS) is 17.8. The number of hydrogen-bond acceptors (Lipinski definition) is 3. The van der Waals surface area contributed by atoms with Crippen LogP contribution >= 0.6 is 0 Å². The van der Waals surface area contributed by atoms with E-state index in [1.54, 1.807) is 6.92 Å². The number of esters is 1. The Morgan fingerprint density at radius 1 is 1.32 bits per heavy atom. The first-order valence-corrected chi connectivity index (χ1v) is 8.09. The fourth-order valence-corrected chi connectivity index (χ4v) is 2.82. The van der Waals surface area contributed by atoms with E-state index in [0.29, 0.717) is 18.2 Å². The van der Waals surface area contributed by atoms with E-state index < -0.39 is 29.7 Å². The van der Waals surface area contributed by atoms with Crippen molar-refractivity contribution in [3.8, 4) is 0 Å². The number of ether oxygens (including phenoxy) is 1. The summed E-state index contributed by atoms with van der Waals surface area (Å²) in [5.41, 5.74) is -0.0159. The lowest BCUT2D eigenvalue weighted by Crippen LogP contribution is -2.48. The number of carbonyl (C=O) groups is 2. The van der Waals surface area contributed by atoms with Crippen LogP contribution in [0.25, 0.3) is 0 Å². The number of benzene rings is 1. The molecule has 0 spiro atoms. The van der Waals surface area contributed by atoms with Crippen LogP contribution in [0.15, 0.2) is 29.5 Å². The molecule has 5 nitrogen and oxygen atoms in total. The summed E-state index contributed by atoms with van der Waals surface area (Å²) in [6.45, 7) is 6.00. The second-order valence-electron chi connectivity index (χ2n) is 6.34. The summed E-state index contributed by atoms with van der Waals surface area (Å²) < 4.78 is 33.2. The number of allylic oxidation sites excluding steroid dienone is 1. The highest BCUT2D eigenvalue weighted by Crippen LogP contribution is 2.34. The number of urea groups is 1. The van der Waals surface area contributed by atoms with Crippen molar-refractivity contribution in [1.29, 1.82) is 0 Å². The molecule has 1 aromatic rings. The lowest BCUT2D eigenvalue weighted by atomic mass is 9.93. The van der Waals surface area contributed by atoms with Crippen molar-refractivity contribution in [3.63, 3.8) is 0 Å². The van der Waals surface area contributed by atoms with Gasteiger partial charge in [0.15, 0.2) is 0 Å². The number of methoxy groups -OCH3 is 1. The lowest BCUT2D eigenvalue weighted by molar-refractivity contribution is -0.136. The minimum atomic E-state index is -1.24. The van der Waals surface area contributed by atoms with Crippen molar-refractivity contribution in [1.82, 2.24) is 10.2 Å². The molecule has 1 aromatic carbocycles. The molecule has 0 radical (unpaired) electrons. The lowest BCUT2D eigenvalue weighted by Gasteiger charge is -2.35. The monoisotopic (exact) mass is 352 g/mol. The summed E-state index contributed by atoms with van der Waals surface area (Å²) in [5.74, 6) is -2.06. The predicted molar refractivity (Wildman–Crippen MR) is 88.5 cm³/mol. The summed E-state index contributed by atoms with van der Waals surface area (Å²) in [6, 6.07) is 1.65. The predicted octanol–water partition coefficient (Wildman–Crippen LogP) is 3.52. The van der Waals surface area contributed by atoms with Gasteiger partial charge in [-0.3, -0.25) is 4.90 Å².